The molecule has 0 aromatic carbocycles. The second kappa shape index (κ2) is 4.80. The number of hydrogen-bond acceptors (Lipinski definition) is 1. The van der Waals surface area contributed by atoms with Crippen molar-refractivity contribution in [1.82, 2.24) is 4.98 Å². The second-order valence-electron chi connectivity index (χ2n) is 5.98. The topological polar surface area (TPSA) is 12.9 Å². The van der Waals surface area contributed by atoms with E-state index in [0.717, 1.165) is 18.5 Å². The Morgan fingerprint density at radius 1 is 1.11 bits per heavy atom. The van der Waals surface area contributed by atoms with Crippen LogP contribution in [-0.2, 0) is 6.18 Å². The highest BCUT2D eigenvalue weighted by Gasteiger charge is 2.42. The normalized spacial score (nSPS) is 16.5. The zero-order valence-electron chi connectivity index (χ0n) is 11.8. The van der Waals surface area contributed by atoms with Crippen LogP contribution in [0, 0.1) is 0 Å². The van der Waals surface area contributed by atoms with Crippen molar-refractivity contribution in [1.29, 1.82) is 0 Å². The molecule has 1 aliphatic rings. The Bertz CT molecular complexity index is 448. The number of rotatable bonds is 3. The van der Waals surface area contributed by atoms with E-state index in [9.17, 15) is 13.2 Å². The van der Waals surface area contributed by atoms with Crippen molar-refractivity contribution in [3.05, 3.63) is 28.6 Å². The summed E-state index contributed by atoms with van der Waals surface area (Å²) in [6.45, 7) is 7.56. The quantitative estimate of drug-likeness (QED) is 0.734. The van der Waals surface area contributed by atoms with E-state index in [1.165, 1.54) is 0 Å². The highest BCUT2D eigenvalue weighted by atomic mass is 19.4. The number of nitrogens with zero attached hydrogens (tertiary/aromatic N) is 1. The van der Waals surface area contributed by atoms with E-state index in [1.807, 2.05) is 27.7 Å². The summed E-state index contributed by atoms with van der Waals surface area (Å²) < 4.78 is 40.1. The summed E-state index contributed by atoms with van der Waals surface area (Å²) in [5, 5.41) is 0. The van der Waals surface area contributed by atoms with Gasteiger partial charge in [-0.05, 0) is 36.3 Å². The van der Waals surface area contributed by atoms with Crippen LogP contribution in [0.15, 0.2) is 6.07 Å². The molecule has 0 bridgehead atoms. The molecule has 19 heavy (non-hydrogen) atoms. The molecule has 106 valence electrons. The fourth-order valence-electron chi connectivity index (χ4n) is 2.32. The van der Waals surface area contributed by atoms with Crippen molar-refractivity contribution in [2.45, 2.75) is 64.5 Å². The minimum Gasteiger partial charge on any atom is -0.257 e. The number of pyridine rings is 1. The van der Waals surface area contributed by atoms with Gasteiger partial charge in [0.1, 0.15) is 0 Å². The van der Waals surface area contributed by atoms with Gasteiger partial charge in [0.05, 0.1) is 11.3 Å². The van der Waals surface area contributed by atoms with E-state index < -0.39 is 11.7 Å². The van der Waals surface area contributed by atoms with Gasteiger partial charge >= 0.3 is 6.18 Å². The van der Waals surface area contributed by atoms with E-state index in [4.69, 9.17) is 0 Å². The molecule has 0 atom stereocenters. The molecule has 0 amide bonds. The molecule has 2 rings (SSSR count). The standard InChI is InChI=1S/C15H20F3N/c1-8(2)11-7-12(9(3)4)19-14(10-5-6-10)13(11)15(16,17)18/h7-10H,5-6H2,1-4H3. The molecule has 1 aromatic heterocycles. The molecule has 0 unspecified atom stereocenters. The Labute approximate surface area is 112 Å². The van der Waals surface area contributed by atoms with E-state index in [1.54, 1.807) is 6.07 Å². The Hall–Kier alpha value is -1.06. The Balaban J connectivity index is 2.67. The SMILES string of the molecule is CC(C)c1cc(C(C)C)c(C(F)(F)F)c(C2CC2)n1. The first kappa shape index (κ1) is 14.4. The summed E-state index contributed by atoms with van der Waals surface area (Å²) in [7, 11) is 0. The van der Waals surface area contributed by atoms with Gasteiger partial charge < -0.3 is 0 Å². The van der Waals surface area contributed by atoms with E-state index in [0.29, 0.717) is 5.56 Å². The minimum absolute atomic E-state index is 0.00725. The average molecular weight is 271 g/mol. The van der Waals surface area contributed by atoms with Crippen LogP contribution >= 0.6 is 0 Å². The highest BCUT2D eigenvalue weighted by Crippen LogP contribution is 2.47. The van der Waals surface area contributed by atoms with E-state index >= 15 is 0 Å². The van der Waals surface area contributed by atoms with Gasteiger partial charge in [0.25, 0.3) is 0 Å². The molecule has 4 heteroatoms. The summed E-state index contributed by atoms with van der Waals surface area (Å²) in [5.74, 6) is 0.0136. The molecule has 1 aliphatic carbocycles. The van der Waals surface area contributed by atoms with Crippen molar-refractivity contribution in [3.8, 4) is 0 Å². The molecule has 0 aliphatic heterocycles. The van der Waals surface area contributed by atoms with Gasteiger partial charge in [-0.3, -0.25) is 4.98 Å². The van der Waals surface area contributed by atoms with Crippen molar-refractivity contribution >= 4 is 0 Å². The summed E-state index contributed by atoms with van der Waals surface area (Å²) >= 11 is 0. The van der Waals surface area contributed by atoms with Gasteiger partial charge in [-0.1, -0.05) is 27.7 Å². The van der Waals surface area contributed by atoms with Gasteiger partial charge in [-0.25, -0.2) is 0 Å². The van der Waals surface area contributed by atoms with Crippen LogP contribution in [0.1, 0.15) is 80.8 Å². The Morgan fingerprint density at radius 2 is 1.68 bits per heavy atom. The predicted molar refractivity (Wildman–Crippen MR) is 69.4 cm³/mol. The maximum absolute atomic E-state index is 13.4. The van der Waals surface area contributed by atoms with Crippen LogP contribution in [0.2, 0.25) is 0 Å². The van der Waals surface area contributed by atoms with Gasteiger partial charge in [-0.2, -0.15) is 13.2 Å². The lowest BCUT2D eigenvalue weighted by molar-refractivity contribution is -0.139. The molecule has 0 radical (unpaired) electrons. The summed E-state index contributed by atoms with van der Waals surface area (Å²) in [6.07, 6.45) is -2.65. The molecule has 1 saturated carbocycles. The molecule has 0 spiro atoms. The van der Waals surface area contributed by atoms with E-state index in [-0.39, 0.29) is 23.4 Å². The van der Waals surface area contributed by atoms with Crippen LogP contribution in [0.3, 0.4) is 0 Å². The maximum Gasteiger partial charge on any atom is 0.418 e. The predicted octanol–water partition coefficient (Wildman–Crippen LogP) is 5.22. The van der Waals surface area contributed by atoms with Crippen molar-refractivity contribution < 1.29 is 13.2 Å². The molecule has 1 aromatic rings. The molecular weight excluding hydrogens is 251 g/mol. The third kappa shape index (κ3) is 2.93. The minimum atomic E-state index is -4.31. The fourth-order valence-corrected chi connectivity index (χ4v) is 2.32. The number of halogens is 3. The van der Waals surface area contributed by atoms with Crippen LogP contribution in [0.4, 0.5) is 13.2 Å². The lowest BCUT2D eigenvalue weighted by Crippen LogP contribution is -2.17. The molecule has 0 saturated heterocycles. The average Bonchev–Trinajstić information content (AvgIpc) is 3.09. The highest BCUT2D eigenvalue weighted by molar-refractivity contribution is 5.41. The number of hydrogen-bond donors (Lipinski definition) is 0. The second-order valence-corrected chi connectivity index (χ2v) is 5.98. The summed E-state index contributed by atoms with van der Waals surface area (Å²) in [5.41, 5.74) is 0.975. The van der Waals surface area contributed by atoms with Crippen LogP contribution in [0.25, 0.3) is 0 Å². The smallest absolute Gasteiger partial charge is 0.257 e. The third-order valence-electron chi connectivity index (χ3n) is 3.56. The Kier molecular flexibility index (Phi) is 3.63. The Morgan fingerprint density at radius 3 is 2.05 bits per heavy atom. The van der Waals surface area contributed by atoms with Crippen LogP contribution in [-0.4, -0.2) is 4.98 Å². The molecular formula is C15H20F3N. The van der Waals surface area contributed by atoms with Crippen molar-refractivity contribution in [2.75, 3.05) is 0 Å². The van der Waals surface area contributed by atoms with Gasteiger partial charge in [-0.15, -0.1) is 0 Å². The lowest BCUT2D eigenvalue weighted by Gasteiger charge is -2.21. The molecule has 1 nitrogen and oxygen atoms in total. The monoisotopic (exact) mass is 271 g/mol. The van der Waals surface area contributed by atoms with Gasteiger partial charge in [0.15, 0.2) is 0 Å². The third-order valence-corrected chi connectivity index (χ3v) is 3.56. The van der Waals surface area contributed by atoms with Crippen LogP contribution < -0.4 is 0 Å². The zero-order valence-corrected chi connectivity index (χ0v) is 11.8. The molecule has 0 N–H and O–H groups in total. The number of alkyl halides is 3. The first-order chi connectivity index (χ1) is 8.71. The largest absolute Gasteiger partial charge is 0.418 e. The first-order valence-corrected chi connectivity index (χ1v) is 6.83. The van der Waals surface area contributed by atoms with Gasteiger partial charge in [0.2, 0.25) is 0 Å². The van der Waals surface area contributed by atoms with Gasteiger partial charge in [0, 0.05) is 11.6 Å². The van der Waals surface area contributed by atoms with Crippen LogP contribution in [0.5, 0.6) is 0 Å². The van der Waals surface area contributed by atoms with Crippen molar-refractivity contribution in [2.24, 2.45) is 0 Å². The molecule has 1 fully saturated rings. The zero-order chi connectivity index (χ0) is 14.4. The molecule has 1 heterocycles. The summed E-state index contributed by atoms with van der Waals surface area (Å²) in [6, 6.07) is 1.64. The van der Waals surface area contributed by atoms with E-state index in [2.05, 4.69) is 4.98 Å². The maximum atomic E-state index is 13.4. The fraction of sp³-hybridized carbons (Fsp3) is 0.667. The van der Waals surface area contributed by atoms with Crippen molar-refractivity contribution in [3.63, 3.8) is 0 Å². The lowest BCUT2D eigenvalue weighted by atomic mass is 9.92. The first-order valence-electron chi connectivity index (χ1n) is 6.83. The summed E-state index contributed by atoms with van der Waals surface area (Å²) in [4.78, 5) is 4.32. The number of aromatic nitrogens is 1.